The summed E-state index contributed by atoms with van der Waals surface area (Å²) in [5.41, 5.74) is 0. The Balaban J connectivity index is 0.000000526. The van der Waals surface area contributed by atoms with Crippen molar-refractivity contribution in [2.24, 2.45) is 0 Å². The second-order valence-corrected chi connectivity index (χ2v) is 25.7. The molecule has 2 aromatic carbocycles. The molecule has 0 aliphatic heterocycles. The van der Waals surface area contributed by atoms with Crippen LogP contribution in [-0.4, -0.2) is 29.8 Å². The first-order valence-corrected chi connectivity index (χ1v) is 26.3. The van der Waals surface area contributed by atoms with Gasteiger partial charge in [-0.05, 0) is 82.7 Å². The maximum atomic E-state index is 6.91. The summed E-state index contributed by atoms with van der Waals surface area (Å²) in [4.78, 5) is 5.53. The van der Waals surface area contributed by atoms with Crippen molar-refractivity contribution in [2.75, 3.05) is 0 Å². The summed E-state index contributed by atoms with van der Waals surface area (Å²) < 4.78 is 16.9. The largest absolute Gasteiger partial charge is 0.434 e. The Hall–Kier alpha value is 0.951. The summed E-state index contributed by atoms with van der Waals surface area (Å²) in [6.45, 7) is 14.0. The number of fused-ring (bicyclic) bond motifs is 1. The van der Waals surface area contributed by atoms with E-state index >= 15 is 0 Å². The SMILES string of the molecule is Brc1cc2ccccc2c(ON(Br)Br)c1Br.CCCC[Si](CCCC)(CCCC)O[Si]O[Si](CCCC)(CCCC)CCCC. The van der Waals surface area contributed by atoms with Crippen molar-refractivity contribution in [2.45, 2.75) is 155 Å². The fourth-order valence-corrected chi connectivity index (χ4v) is 18.7. The van der Waals surface area contributed by atoms with E-state index in [1.165, 1.54) is 116 Å². The first-order chi connectivity index (χ1) is 21.7. The molecule has 2 aromatic rings. The second-order valence-electron chi connectivity index (χ2n) is 12.3. The molecule has 45 heavy (non-hydrogen) atoms. The van der Waals surface area contributed by atoms with Crippen LogP contribution < -0.4 is 4.84 Å². The first-order valence-electron chi connectivity index (χ1n) is 17.4. The van der Waals surface area contributed by atoms with Crippen LogP contribution in [0.25, 0.3) is 10.8 Å². The van der Waals surface area contributed by atoms with Crippen molar-refractivity contribution in [3.05, 3.63) is 39.3 Å². The van der Waals surface area contributed by atoms with E-state index in [4.69, 9.17) is 13.1 Å². The molecule has 0 atom stereocenters. The molecule has 11 heteroatoms. The molecule has 2 rings (SSSR count). The van der Waals surface area contributed by atoms with Crippen LogP contribution in [0.5, 0.6) is 5.75 Å². The van der Waals surface area contributed by atoms with Crippen molar-refractivity contribution >= 4 is 102 Å². The van der Waals surface area contributed by atoms with Crippen LogP contribution in [0.4, 0.5) is 0 Å². The Morgan fingerprint density at radius 3 is 1.36 bits per heavy atom. The molecular formula is C34H59Br4NO3Si3. The van der Waals surface area contributed by atoms with E-state index < -0.39 is 16.6 Å². The molecule has 0 N–H and O–H groups in total. The van der Waals surface area contributed by atoms with Gasteiger partial charge in [0.15, 0.2) is 22.4 Å². The van der Waals surface area contributed by atoms with Crippen LogP contribution in [0.1, 0.15) is 119 Å². The van der Waals surface area contributed by atoms with Crippen molar-refractivity contribution in [3.63, 3.8) is 0 Å². The lowest BCUT2D eigenvalue weighted by molar-refractivity contribution is 0.177. The van der Waals surface area contributed by atoms with E-state index in [9.17, 15) is 0 Å². The van der Waals surface area contributed by atoms with E-state index in [0.29, 0.717) is 10.0 Å². The quantitative estimate of drug-likeness (QED) is 0.0596. The normalized spacial score (nSPS) is 12.1. The zero-order chi connectivity index (χ0) is 33.6. The number of hydrogen-bond acceptors (Lipinski definition) is 4. The number of hydrogen-bond donors (Lipinski definition) is 0. The van der Waals surface area contributed by atoms with Crippen molar-refractivity contribution in [1.82, 2.24) is 3.12 Å². The van der Waals surface area contributed by atoms with Crippen LogP contribution in [0.2, 0.25) is 36.3 Å². The Morgan fingerprint density at radius 2 is 1.00 bits per heavy atom. The van der Waals surface area contributed by atoms with Gasteiger partial charge in [-0.25, -0.2) is 0 Å². The van der Waals surface area contributed by atoms with E-state index in [1.807, 2.05) is 30.3 Å². The van der Waals surface area contributed by atoms with Gasteiger partial charge in [0.25, 0.3) is 0 Å². The van der Waals surface area contributed by atoms with E-state index in [2.05, 4.69) is 106 Å². The molecule has 258 valence electrons. The van der Waals surface area contributed by atoms with Crippen LogP contribution in [0.3, 0.4) is 0 Å². The van der Waals surface area contributed by atoms with Crippen molar-refractivity contribution < 1.29 is 13.1 Å². The average Bonchev–Trinajstić information content (AvgIpc) is 3.04. The maximum absolute atomic E-state index is 6.91. The molecule has 0 saturated carbocycles. The Morgan fingerprint density at radius 1 is 0.622 bits per heavy atom. The molecule has 0 spiro atoms. The summed E-state index contributed by atoms with van der Waals surface area (Å²) in [6, 6.07) is 18.2. The summed E-state index contributed by atoms with van der Waals surface area (Å²) in [5.74, 6) is 0.735. The summed E-state index contributed by atoms with van der Waals surface area (Å²) in [5, 5.41) is 2.14. The van der Waals surface area contributed by atoms with Gasteiger partial charge in [0.05, 0.1) is 36.8 Å². The van der Waals surface area contributed by atoms with Gasteiger partial charge in [-0.2, -0.15) is 0 Å². The third kappa shape index (κ3) is 16.9. The predicted octanol–water partition coefficient (Wildman–Crippen LogP) is 14.8. The molecule has 0 aliphatic rings. The zero-order valence-electron chi connectivity index (χ0n) is 28.8. The minimum Gasteiger partial charge on any atom is -0.434 e. The highest BCUT2D eigenvalue weighted by molar-refractivity contribution is 9.20. The smallest absolute Gasteiger partial charge is 0.410 e. The lowest BCUT2D eigenvalue weighted by Crippen LogP contribution is -2.45. The minimum absolute atomic E-state index is 0.326. The second kappa shape index (κ2) is 25.9. The topological polar surface area (TPSA) is 30.9 Å². The summed E-state index contributed by atoms with van der Waals surface area (Å²) in [7, 11) is -2.96. The Kier molecular flexibility index (Phi) is 25.3. The van der Waals surface area contributed by atoms with Gasteiger partial charge >= 0.3 is 10.0 Å². The van der Waals surface area contributed by atoms with Crippen LogP contribution >= 0.6 is 64.2 Å². The molecule has 0 aromatic heterocycles. The lowest BCUT2D eigenvalue weighted by Gasteiger charge is -2.36. The maximum Gasteiger partial charge on any atom is 0.410 e. The van der Waals surface area contributed by atoms with Crippen molar-refractivity contribution in [1.29, 1.82) is 0 Å². The molecule has 0 amide bonds. The van der Waals surface area contributed by atoms with E-state index in [-0.39, 0.29) is 0 Å². The first kappa shape index (κ1) is 44.0. The third-order valence-electron chi connectivity index (χ3n) is 8.49. The Labute approximate surface area is 315 Å². The van der Waals surface area contributed by atoms with Gasteiger partial charge in [0.2, 0.25) is 0 Å². The van der Waals surface area contributed by atoms with Gasteiger partial charge in [-0.15, -0.1) is 0 Å². The van der Waals surface area contributed by atoms with Gasteiger partial charge in [-0.1, -0.05) is 143 Å². The molecule has 4 nitrogen and oxygen atoms in total. The number of rotatable bonds is 24. The Bertz CT molecular complexity index is 976. The highest BCUT2D eigenvalue weighted by Crippen LogP contribution is 2.40. The van der Waals surface area contributed by atoms with E-state index in [0.717, 1.165) is 25.5 Å². The lowest BCUT2D eigenvalue weighted by atomic mass is 10.1. The molecule has 0 fully saturated rings. The fraction of sp³-hybridized carbons (Fsp3) is 0.706. The summed E-state index contributed by atoms with van der Waals surface area (Å²) >= 11 is 13.3. The minimum atomic E-state index is -1.64. The zero-order valence-corrected chi connectivity index (χ0v) is 38.1. The monoisotopic (exact) mass is 929 g/mol. The molecule has 0 aliphatic carbocycles. The van der Waals surface area contributed by atoms with Crippen LogP contribution in [-0.2, 0) is 8.23 Å². The van der Waals surface area contributed by atoms with Crippen LogP contribution in [0.15, 0.2) is 39.3 Å². The number of benzene rings is 2. The predicted molar refractivity (Wildman–Crippen MR) is 217 cm³/mol. The molecular weight excluding hydrogens is 874 g/mol. The van der Waals surface area contributed by atoms with E-state index in [1.54, 1.807) is 0 Å². The fourth-order valence-electron chi connectivity index (χ4n) is 5.66. The van der Waals surface area contributed by atoms with Gasteiger partial charge in [0, 0.05) is 9.86 Å². The molecule has 2 radical (unpaired) electrons. The van der Waals surface area contributed by atoms with Gasteiger partial charge in [0.1, 0.15) is 0 Å². The van der Waals surface area contributed by atoms with Crippen LogP contribution in [0, 0.1) is 0 Å². The molecule has 0 unspecified atom stereocenters. The number of nitrogens with zero attached hydrogens (tertiary/aromatic N) is 1. The third-order valence-corrected chi connectivity index (χ3v) is 22.4. The molecule has 0 saturated heterocycles. The molecule has 0 bridgehead atoms. The van der Waals surface area contributed by atoms with Gasteiger partial charge in [-0.3, -0.25) is 0 Å². The average molecular weight is 934 g/mol. The number of unbranched alkanes of at least 4 members (excludes halogenated alkanes) is 6. The molecule has 0 heterocycles. The summed E-state index contributed by atoms with van der Waals surface area (Å²) in [6.07, 6.45) is 15.8. The van der Waals surface area contributed by atoms with Gasteiger partial charge < -0.3 is 13.1 Å². The van der Waals surface area contributed by atoms with Crippen molar-refractivity contribution in [3.8, 4) is 5.75 Å². The standard InChI is InChI=1S/C24H54O2Si3.C10H5Br4NO/c1-7-13-19-28(20-14-8-2,21-15-9-3)25-27-26-29(22-16-10-4,23-17-11-5)24-18-12-6;11-8-5-6-3-1-2-4-7(6)10(9(8)12)16-15(13)14/h7-24H2,1-6H3;1-5H. The number of halogens is 4. The highest BCUT2D eigenvalue weighted by Gasteiger charge is 2.37. The highest BCUT2D eigenvalue weighted by atomic mass is 79.9.